The van der Waals surface area contributed by atoms with Crippen molar-refractivity contribution in [3.63, 3.8) is 0 Å². The lowest BCUT2D eigenvalue weighted by Crippen LogP contribution is -2.29. The highest BCUT2D eigenvalue weighted by Gasteiger charge is 2.26. The van der Waals surface area contributed by atoms with Crippen LogP contribution in [0.4, 0.5) is 4.39 Å². The van der Waals surface area contributed by atoms with Gasteiger partial charge in [-0.1, -0.05) is 12.1 Å². The first-order valence-corrected chi connectivity index (χ1v) is 5.77. The smallest absolute Gasteiger partial charge is 0.314 e. The molecule has 3 nitrogen and oxygen atoms in total. The molecule has 1 N–H and O–H groups in total. The zero-order valence-electron chi connectivity index (χ0n) is 9.78. The van der Waals surface area contributed by atoms with Gasteiger partial charge in [-0.25, -0.2) is 4.39 Å². The van der Waals surface area contributed by atoms with Crippen LogP contribution in [0.5, 0.6) is 0 Å². The largest absolute Gasteiger partial charge is 0.469 e. The highest BCUT2D eigenvalue weighted by molar-refractivity contribution is 5.78. The fraction of sp³-hybridized carbons (Fsp3) is 0.462. The molecule has 0 bridgehead atoms. The van der Waals surface area contributed by atoms with E-state index in [1.54, 1.807) is 12.1 Å². The number of esters is 1. The molecule has 92 valence electrons. The minimum absolute atomic E-state index is 0.330. The van der Waals surface area contributed by atoms with E-state index < -0.39 is 5.92 Å². The van der Waals surface area contributed by atoms with Crippen LogP contribution >= 0.6 is 0 Å². The van der Waals surface area contributed by atoms with Crippen molar-refractivity contribution >= 4 is 5.97 Å². The predicted molar refractivity (Wildman–Crippen MR) is 62.2 cm³/mol. The molecular weight excluding hydrogens is 221 g/mol. The van der Waals surface area contributed by atoms with Crippen molar-refractivity contribution in [2.45, 2.75) is 24.8 Å². The van der Waals surface area contributed by atoms with Gasteiger partial charge in [-0.05, 0) is 30.5 Å². The zero-order valence-corrected chi connectivity index (χ0v) is 9.78. The van der Waals surface area contributed by atoms with Gasteiger partial charge in [-0.15, -0.1) is 0 Å². The number of hydrogen-bond donors (Lipinski definition) is 1. The van der Waals surface area contributed by atoms with Gasteiger partial charge in [0.1, 0.15) is 5.82 Å². The lowest BCUT2D eigenvalue weighted by Gasteiger charge is -2.15. The fourth-order valence-corrected chi connectivity index (χ4v) is 1.77. The molecule has 0 saturated heterocycles. The third-order valence-corrected chi connectivity index (χ3v) is 2.92. The Kier molecular flexibility index (Phi) is 3.74. The van der Waals surface area contributed by atoms with E-state index in [9.17, 15) is 9.18 Å². The molecule has 1 aliphatic rings. The number of rotatable bonds is 5. The monoisotopic (exact) mass is 237 g/mol. The molecule has 0 spiro atoms. The SMILES string of the molecule is COC(=O)C(CNC1CC1)c1cccc(F)c1. The van der Waals surface area contributed by atoms with E-state index in [-0.39, 0.29) is 11.8 Å². The second-order valence-electron chi connectivity index (χ2n) is 4.31. The summed E-state index contributed by atoms with van der Waals surface area (Å²) < 4.78 is 17.9. The quantitative estimate of drug-likeness (QED) is 0.794. The first kappa shape index (κ1) is 12.0. The minimum Gasteiger partial charge on any atom is -0.469 e. The number of hydrogen-bond acceptors (Lipinski definition) is 3. The lowest BCUT2D eigenvalue weighted by atomic mass is 9.99. The maximum atomic E-state index is 13.1. The molecular formula is C13H16FNO2. The highest BCUT2D eigenvalue weighted by atomic mass is 19.1. The summed E-state index contributed by atoms with van der Waals surface area (Å²) in [5.41, 5.74) is 0.657. The van der Waals surface area contributed by atoms with Crippen LogP contribution in [0.3, 0.4) is 0 Å². The number of methoxy groups -OCH3 is 1. The maximum absolute atomic E-state index is 13.1. The van der Waals surface area contributed by atoms with Crippen LogP contribution in [0.15, 0.2) is 24.3 Å². The second kappa shape index (κ2) is 5.27. The summed E-state index contributed by atoms with van der Waals surface area (Å²) in [5, 5.41) is 3.27. The number of ether oxygens (including phenoxy) is 1. The number of carbonyl (C=O) groups excluding carboxylic acids is 1. The molecule has 4 heteroatoms. The van der Waals surface area contributed by atoms with Crippen LogP contribution in [0.1, 0.15) is 24.3 Å². The van der Waals surface area contributed by atoms with E-state index in [0.717, 1.165) is 12.8 Å². The molecule has 0 amide bonds. The predicted octanol–water partition coefficient (Wildman–Crippen LogP) is 1.83. The molecule has 1 fully saturated rings. The van der Waals surface area contributed by atoms with Gasteiger partial charge in [0.2, 0.25) is 0 Å². The number of halogens is 1. The van der Waals surface area contributed by atoms with Gasteiger partial charge in [0, 0.05) is 12.6 Å². The Morgan fingerprint density at radius 2 is 2.35 bits per heavy atom. The molecule has 0 aromatic heterocycles. The average Bonchev–Trinajstić information content (AvgIpc) is 3.13. The van der Waals surface area contributed by atoms with Crippen molar-refractivity contribution in [1.82, 2.24) is 5.32 Å². The Morgan fingerprint density at radius 3 is 2.94 bits per heavy atom. The molecule has 2 rings (SSSR count). The van der Waals surface area contributed by atoms with E-state index in [0.29, 0.717) is 18.2 Å². The Hall–Kier alpha value is -1.42. The Balaban J connectivity index is 2.09. The minimum atomic E-state index is -0.434. The molecule has 1 unspecified atom stereocenters. The van der Waals surface area contributed by atoms with Crippen LogP contribution < -0.4 is 5.32 Å². The fourth-order valence-electron chi connectivity index (χ4n) is 1.77. The van der Waals surface area contributed by atoms with Gasteiger partial charge < -0.3 is 10.1 Å². The van der Waals surface area contributed by atoms with Gasteiger partial charge in [-0.3, -0.25) is 4.79 Å². The van der Waals surface area contributed by atoms with E-state index in [1.807, 2.05) is 0 Å². The first-order chi connectivity index (χ1) is 8.20. The Labute approximate surface area is 100.0 Å². The van der Waals surface area contributed by atoms with Gasteiger partial charge in [0.25, 0.3) is 0 Å². The number of carbonyl (C=O) groups is 1. The van der Waals surface area contributed by atoms with Crippen molar-refractivity contribution in [1.29, 1.82) is 0 Å². The van der Waals surface area contributed by atoms with Crippen LogP contribution in [0.25, 0.3) is 0 Å². The van der Waals surface area contributed by atoms with Gasteiger partial charge in [-0.2, -0.15) is 0 Å². The van der Waals surface area contributed by atoms with Crippen LogP contribution in [0.2, 0.25) is 0 Å². The summed E-state index contributed by atoms with van der Waals surface area (Å²) in [5.74, 6) is -1.09. The van der Waals surface area contributed by atoms with Crippen molar-refractivity contribution in [3.05, 3.63) is 35.6 Å². The summed E-state index contributed by atoms with van der Waals surface area (Å²) in [6, 6.07) is 6.62. The number of nitrogens with one attached hydrogen (secondary N) is 1. The summed E-state index contributed by atoms with van der Waals surface area (Å²) in [4.78, 5) is 11.7. The molecule has 17 heavy (non-hydrogen) atoms. The average molecular weight is 237 g/mol. The third-order valence-electron chi connectivity index (χ3n) is 2.92. The van der Waals surface area contributed by atoms with Gasteiger partial charge in [0.15, 0.2) is 0 Å². The maximum Gasteiger partial charge on any atom is 0.314 e. The summed E-state index contributed by atoms with van der Waals surface area (Å²) in [6.07, 6.45) is 2.30. The molecule has 1 saturated carbocycles. The summed E-state index contributed by atoms with van der Waals surface area (Å²) >= 11 is 0. The van der Waals surface area contributed by atoms with E-state index >= 15 is 0 Å². The summed E-state index contributed by atoms with van der Waals surface area (Å²) in [7, 11) is 1.35. The van der Waals surface area contributed by atoms with Crippen molar-refractivity contribution in [2.75, 3.05) is 13.7 Å². The first-order valence-electron chi connectivity index (χ1n) is 5.77. The normalized spacial score (nSPS) is 16.6. The Morgan fingerprint density at radius 1 is 1.59 bits per heavy atom. The molecule has 0 radical (unpaired) electrons. The molecule has 0 heterocycles. The molecule has 1 atom stereocenters. The standard InChI is InChI=1S/C13H16FNO2/c1-17-13(16)12(8-15-11-5-6-11)9-3-2-4-10(14)7-9/h2-4,7,11-12,15H,5-6,8H2,1H3. The van der Waals surface area contributed by atoms with E-state index in [1.165, 1.54) is 19.2 Å². The van der Waals surface area contributed by atoms with E-state index in [2.05, 4.69) is 5.32 Å². The van der Waals surface area contributed by atoms with Crippen molar-refractivity contribution in [3.8, 4) is 0 Å². The van der Waals surface area contributed by atoms with Crippen molar-refractivity contribution in [2.24, 2.45) is 0 Å². The summed E-state index contributed by atoms with van der Waals surface area (Å²) in [6.45, 7) is 0.501. The van der Waals surface area contributed by atoms with E-state index in [4.69, 9.17) is 4.74 Å². The van der Waals surface area contributed by atoms with Crippen molar-refractivity contribution < 1.29 is 13.9 Å². The Bertz CT molecular complexity index is 404. The number of benzene rings is 1. The van der Waals surface area contributed by atoms with Gasteiger partial charge in [0.05, 0.1) is 13.0 Å². The van der Waals surface area contributed by atoms with Crippen LogP contribution in [0, 0.1) is 5.82 Å². The van der Waals surface area contributed by atoms with Crippen LogP contribution in [-0.4, -0.2) is 25.7 Å². The third kappa shape index (κ3) is 3.27. The molecule has 1 aromatic rings. The zero-order chi connectivity index (χ0) is 12.3. The lowest BCUT2D eigenvalue weighted by molar-refractivity contribution is -0.142. The molecule has 0 aliphatic heterocycles. The molecule has 1 aromatic carbocycles. The molecule has 1 aliphatic carbocycles. The topological polar surface area (TPSA) is 38.3 Å². The highest BCUT2D eigenvalue weighted by Crippen LogP contribution is 2.22. The van der Waals surface area contributed by atoms with Gasteiger partial charge >= 0.3 is 5.97 Å². The second-order valence-corrected chi connectivity index (χ2v) is 4.31. The van der Waals surface area contributed by atoms with Crippen LogP contribution in [-0.2, 0) is 9.53 Å².